The van der Waals surface area contributed by atoms with E-state index in [2.05, 4.69) is 6.92 Å². The zero-order valence-corrected chi connectivity index (χ0v) is 16.1. The molecule has 0 bridgehead atoms. The number of aromatic carboxylic acids is 1. The van der Waals surface area contributed by atoms with Crippen LogP contribution in [0.5, 0.6) is 0 Å². The van der Waals surface area contributed by atoms with E-state index in [1.807, 2.05) is 11.1 Å². The molecule has 1 aliphatic heterocycles. The zero-order valence-electron chi connectivity index (χ0n) is 11.5. The molecule has 1 saturated heterocycles. The van der Waals surface area contributed by atoms with Crippen molar-refractivity contribution in [1.82, 2.24) is 10.0 Å². The van der Waals surface area contributed by atoms with Gasteiger partial charge in [0.2, 0.25) is 5.91 Å². The van der Waals surface area contributed by atoms with Crippen LogP contribution in [0.4, 0.5) is 0 Å². The largest absolute Gasteiger partial charge is 0.477 e. The number of carboxylic acids is 1. The van der Waals surface area contributed by atoms with Crippen molar-refractivity contribution in [3.8, 4) is 0 Å². The Kier molecular flexibility index (Phi) is 7.95. The Morgan fingerprint density at radius 2 is 2.24 bits per heavy atom. The number of hydrogen-bond acceptors (Lipinski definition) is 5. The maximum atomic E-state index is 11.9. The molecular weight excluding hydrogens is 480 g/mol. The monoisotopic (exact) mass is 497 g/mol. The molecular formula is C13H17N2O3S2W-. The van der Waals surface area contributed by atoms with Gasteiger partial charge in [0.15, 0.2) is 0 Å². The molecule has 1 N–H and O–H groups in total. The minimum atomic E-state index is -0.892. The van der Waals surface area contributed by atoms with Gasteiger partial charge in [-0.1, -0.05) is 0 Å². The summed E-state index contributed by atoms with van der Waals surface area (Å²) in [4.78, 5) is 23.0. The number of thioether (sulfide) groups is 1. The fourth-order valence-corrected chi connectivity index (χ4v) is 4.03. The van der Waals surface area contributed by atoms with Crippen molar-refractivity contribution < 1.29 is 35.8 Å². The van der Waals surface area contributed by atoms with Gasteiger partial charge in [-0.15, -0.1) is 29.6 Å². The van der Waals surface area contributed by atoms with Gasteiger partial charge in [0.05, 0.1) is 4.21 Å². The first-order valence-corrected chi connectivity index (χ1v) is 8.22. The standard InChI is InChI=1S/C13H17N2O3S2.W/c1-2-14-7-3-4-11(16)15(14)8-9-19-12-6-5-10(20-12)13(17)18;/h5-6H,1-4,7-9H2,(H,17,18);/q-1;. The molecule has 8 heteroatoms. The zero-order chi connectivity index (χ0) is 14.5. The number of carbonyl (C=O) groups excluding carboxylic acids is 1. The fraction of sp³-hybridized carbons (Fsp3) is 0.462. The smallest absolute Gasteiger partial charge is 0.345 e. The van der Waals surface area contributed by atoms with Crippen molar-refractivity contribution in [1.29, 1.82) is 0 Å². The van der Waals surface area contributed by atoms with Gasteiger partial charge in [-0.3, -0.25) is 9.80 Å². The van der Waals surface area contributed by atoms with E-state index >= 15 is 0 Å². The summed E-state index contributed by atoms with van der Waals surface area (Å²) in [5, 5.41) is 12.6. The Morgan fingerprint density at radius 3 is 2.86 bits per heavy atom. The summed E-state index contributed by atoms with van der Waals surface area (Å²) in [5.41, 5.74) is 0. The number of carboxylic acid groups (broad SMARTS) is 1. The second kappa shape index (κ2) is 8.93. The van der Waals surface area contributed by atoms with Crippen LogP contribution < -0.4 is 0 Å². The molecule has 0 radical (unpaired) electrons. The van der Waals surface area contributed by atoms with Gasteiger partial charge >= 0.3 is 5.97 Å². The minimum absolute atomic E-state index is 0. The van der Waals surface area contributed by atoms with Crippen LogP contribution in [0.25, 0.3) is 0 Å². The number of hydrazine groups is 1. The molecule has 1 aliphatic rings. The molecule has 1 aromatic rings. The van der Waals surface area contributed by atoms with E-state index in [0.717, 1.165) is 22.9 Å². The third-order valence-electron chi connectivity index (χ3n) is 3.03. The summed E-state index contributed by atoms with van der Waals surface area (Å²) in [5.74, 6) is 0.0103. The average molecular weight is 497 g/mol. The second-order valence-electron chi connectivity index (χ2n) is 4.35. The predicted octanol–water partition coefficient (Wildman–Crippen LogP) is 2.21. The summed E-state index contributed by atoms with van der Waals surface area (Å²) in [6, 6.07) is 3.43. The first-order valence-electron chi connectivity index (χ1n) is 6.42. The van der Waals surface area contributed by atoms with Gasteiger partial charge in [0, 0.05) is 46.3 Å². The quantitative estimate of drug-likeness (QED) is 0.483. The molecule has 1 aromatic heterocycles. The summed E-state index contributed by atoms with van der Waals surface area (Å²) in [7, 11) is 0. The van der Waals surface area contributed by atoms with Crippen molar-refractivity contribution in [3.63, 3.8) is 0 Å². The van der Waals surface area contributed by atoms with E-state index in [1.54, 1.807) is 22.8 Å². The number of hydrogen-bond donors (Lipinski definition) is 1. The van der Waals surface area contributed by atoms with Gasteiger partial charge in [-0.05, 0) is 18.6 Å². The van der Waals surface area contributed by atoms with E-state index in [9.17, 15) is 9.59 Å². The molecule has 2 rings (SSSR count). The van der Waals surface area contributed by atoms with Crippen molar-refractivity contribution in [2.24, 2.45) is 0 Å². The van der Waals surface area contributed by atoms with Gasteiger partial charge < -0.3 is 12.0 Å². The molecule has 0 aromatic carbocycles. The van der Waals surface area contributed by atoms with Crippen molar-refractivity contribution in [2.75, 3.05) is 25.4 Å². The van der Waals surface area contributed by atoms with Crippen molar-refractivity contribution >= 4 is 35.0 Å². The third kappa shape index (κ3) is 5.09. The molecule has 21 heavy (non-hydrogen) atoms. The van der Waals surface area contributed by atoms with Crippen LogP contribution in [0.1, 0.15) is 22.5 Å². The number of thiophene rings is 1. The summed E-state index contributed by atoms with van der Waals surface area (Å²) < 4.78 is 0.966. The molecule has 0 atom stereocenters. The van der Waals surface area contributed by atoms with Crippen LogP contribution in [0.3, 0.4) is 0 Å². The van der Waals surface area contributed by atoms with Gasteiger partial charge in [0.1, 0.15) is 4.88 Å². The van der Waals surface area contributed by atoms with Crippen molar-refractivity contribution in [2.45, 2.75) is 17.1 Å². The first kappa shape index (κ1) is 18.7. The molecule has 0 aliphatic carbocycles. The maximum absolute atomic E-state index is 11.9. The fourth-order valence-electron chi connectivity index (χ4n) is 2.06. The van der Waals surface area contributed by atoms with Crippen molar-refractivity contribution in [3.05, 3.63) is 23.9 Å². The molecule has 0 saturated carbocycles. The Labute approximate surface area is 146 Å². The van der Waals surface area contributed by atoms with E-state index in [4.69, 9.17) is 5.11 Å². The Hall–Kier alpha value is -0.362. The van der Waals surface area contributed by atoms with E-state index in [0.29, 0.717) is 24.4 Å². The third-order valence-corrected chi connectivity index (χ3v) is 5.31. The summed E-state index contributed by atoms with van der Waals surface area (Å²) >= 11 is 2.85. The van der Waals surface area contributed by atoms with Gasteiger partial charge in [0.25, 0.3) is 0 Å². The van der Waals surface area contributed by atoms with Gasteiger partial charge in [-0.25, -0.2) is 9.80 Å². The number of carbonyl (C=O) groups is 2. The Morgan fingerprint density at radius 1 is 1.48 bits per heavy atom. The molecule has 1 fully saturated rings. The van der Waals surface area contributed by atoms with Crippen LogP contribution >= 0.6 is 23.1 Å². The van der Waals surface area contributed by atoms with Gasteiger partial charge in [-0.2, -0.15) is 0 Å². The first-order chi connectivity index (χ1) is 9.61. The normalized spacial score (nSPS) is 15.9. The molecule has 5 nitrogen and oxygen atoms in total. The minimum Gasteiger partial charge on any atom is -0.477 e. The Bertz CT molecular complexity index is 496. The van der Waals surface area contributed by atoms with Crippen LogP contribution in [-0.4, -0.2) is 52.4 Å². The second-order valence-corrected chi connectivity index (χ2v) is 6.83. The molecule has 116 valence electrons. The Balaban J connectivity index is 0.00000220. The maximum Gasteiger partial charge on any atom is 0.345 e. The van der Waals surface area contributed by atoms with E-state index in [-0.39, 0.29) is 27.0 Å². The van der Waals surface area contributed by atoms with Crippen LogP contribution in [0.2, 0.25) is 0 Å². The summed E-state index contributed by atoms with van der Waals surface area (Å²) in [6.07, 6.45) is 1.49. The molecule has 0 unspecified atom stereocenters. The number of amides is 1. The van der Waals surface area contributed by atoms with E-state index in [1.165, 1.54) is 11.3 Å². The van der Waals surface area contributed by atoms with E-state index < -0.39 is 5.97 Å². The SMILES string of the molecule is [CH2-]CN1CCCC(=O)N1CCSc1ccc(C(=O)O)s1.[W]. The molecule has 2 heterocycles. The average Bonchev–Trinajstić information content (AvgIpc) is 2.89. The van der Waals surface area contributed by atoms with Crippen LogP contribution in [0, 0.1) is 6.92 Å². The molecule has 0 spiro atoms. The predicted molar refractivity (Wildman–Crippen MR) is 79.9 cm³/mol. The summed E-state index contributed by atoms with van der Waals surface area (Å²) in [6.45, 7) is 5.96. The number of rotatable bonds is 6. The van der Waals surface area contributed by atoms with Crippen LogP contribution in [0.15, 0.2) is 16.3 Å². The van der Waals surface area contributed by atoms with Crippen LogP contribution in [-0.2, 0) is 25.9 Å². The topological polar surface area (TPSA) is 60.9 Å². The number of nitrogens with zero attached hydrogens (tertiary/aromatic N) is 2. The molecule has 1 amide bonds.